The average molecular weight is 342 g/mol. The molecule has 3 atom stereocenters. The standard InChI is InChI=1S/C20H23FN2S/c21-17-6-4-15(5-7-17)12-22-13-16-11-18(19-3-1-10-24-19)23-9-2-8-20(16,23)14-22/h1,3-7,10,16,18H,2,8-9,11-14H2/t16-,18-,20-/m0/s1. The minimum absolute atomic E-state index is 0.142. The third kappa shape index (κ3) is 2.27. The van der Waals surface area contributed by atoms with Crippen LogP contribution in [0.25, 0.3) is 0 Å². The van der Waals surface area contributed by atoms with Crippen molar-refractivity contribution in [1.29, 1.82) is 0 Å². The number of hydrogen-bond acceptors (Lipinski definition) is 3. The van der Waals surface area contributed by atoms with E-state index in [1.807, 2.05) is 23.5 Å². The lowest BCUT2D eigenvalue weighted by atomic mass is 9.86. The van der Waals surface area contributed by atoms with Crippen LogP contribution in [0.5, 0.6) is 0 Å². The normalized spacial score (nSPS) is 33.0. The lowest BCUT2D eigenvalue weighted by Crippen LogP contribution is -2.45. The summed E-state index contributed by atoms with van der Waals surface area (Å²) in [5.41, 5.74) is 1.63. The summed E-state index contributed by atoms with van der Waals surface area (Å²) in [5, 5.41) is 2.22. The van der Waals surface area contributed by atoms with Crippen molar-refractivity contribution in [2.45, 2.75) is 37.4 Å². The monoisotopic (exact) mass is 342 g/mol. The van der Waals surface area contributed by atoms with Gasteiger partial charge in [0.15, 0.2) is 0 Å². The number of likely N-dealkylation sites (tertiary alicyclic amines) is 1. The van der Waals surface area contributed by atoms with E-state index in [-0.39, 0.29) is 5.82 Å². The average Bonchev–Trinajstić information content (AvgIpc) is 3.31. The minimum Gasteiger partial charge on any atom is -0.297 e. The summed E-state index contributed by atoms with van der Waals surface area (Å²) in [6, 6.07) is 12.2. The second-order valence-corrected chi connectivity index (χ2v) is 8.64. The Hall–Kier alpha value is -1.23. The van der Waals surface area contributed by atoms with E-state index in [1.54, 1.807) is 17.0 Å². The van der Waals surface area contributed by atoms with Gasteiger partial charge >= 0.3 is 0 Å². The van der Waals surface area contributed by atoms with Gasteiger partial charge in [-0.15, -0.1) is 11.3 Å². The maximum Gasteiger partial charge on any atom is 0.123 e. The zero-order chi connectivity index (χ0) is 16.1. The van der Waals surface area contributed by atoms with E-state index in [0.29, 0.717) is 11.6 Å². The molecule has 0 saturated carbocycles. The number of benzene rings is 1. The molecule has 5 rings (SSSR count). The van der Waals surface area contributed by atoms with Crippen LogP contribution in [0.1, 0.15) is 35.7 Å². The molecule has 2 aromatic rings. The molecule has 126 valence electrons. The summed E-state index contributed by atoms with van der Waals surface area (Å²) >= 11 is 1.92. The van der Waals surface area contributed by atoms with Crippen LogP contribution in [0, 0.1) is 11.7 Å². The van der Waals surface area contributed by atoms with Gasteiger partial charge in [-0.3, -0.25) is 9.80 Å². The second-order valence-electron chi connectivity index (χ2n) is 7.66. The predicted octanol–water partition coefficient (Wildman–Crippen LogP) is 4.30. The van der Waals surface area contributed by atoms with Crippen molar-refractivity contribution in [3.8, 4) is 0 Å². The molecule has 0 aliphatic carbocycles. The van der Waals surface area contributed by atoms with E-state index < -0.39 is 0 Å². The zero-order valence-corrected chi connectivity index (χ0v) is 14.6. The van der Waals surface area contributed by atoms with E-state index in [2.05, 4.69) is 27.3 Å². The molecular formula is C20H23FN2S. The third-order valence-corrected chi connectivity index (χ3v) is 7.37. The van der Waals surface area contributed by atoms with Crippen LogP contribution in [-0.2, 0) is 6.54 Å². The number of nitrogens with zero attached hydrogens (tertiary/aromatic N) is 2. The highest BCUT2D eigenvalue weighted by Crippen LogP contribution is 2.56. The Kier molecular flexibility index (Phi) is 3.55. The molecule has 4 heterocycles. The molecule has 2 nitrogen and oxygen atoms in total. The van der Waals surface area contributed by atoms with Gasteiger partial charge in [0.2, 0.25) is 0 Å². The van der Waals surface area contributed by atoms with Crippen molar-refractivity contribution < 1.29 is 4.39 Å². The molecule has 0 radical (unpaired) electrons. The van der Waals surface area contributed by atoms with Crippen molar-refractivity contribution in [3.63, 3.8) is 0 Å². The molecule has 0 bridgehead atoms. The lowest BCUT2D eigenvalue weighted by molar-refractivity contribution is 0.132. The maximum atomic E-state index is 13.1. The summed E-state index contributed by atoms with van der Waals surface area (Å²) in [6.45, 7) is 4.58. The highest BCUT2D eigenvalue weighted by atomic mass is 32.1. The molecule has 1 aromatic heterocycles. The first-order chi connectivity index (χ1) is 11.7. The number of thiophene rings is 1. The first-order valence-electron chi connectivity index (χ1n) is 9.01. The number of rotatable bonds is 3. The van der Waals surface area contributed by atoms with Crippen LogP contribution in [-0.4, -0.2) is 35.0 Å². The molecule has 3 fully saturated rings. The van der Waals surface area contributed by atoms with Crippen LogP contribution in [0.3, 0.4) is 0 Å². The Bertz CT molecular complexity index is 714. The zero-order valence-electron chi connectivity index (χ0n) is 13.8. The largest absolute Gasteiger partial charge is 0.297 e. The highest BCUT2D eigenvalue weighted by Gasteiger charge is 2.59. The van der Waals surface area contributed by atoms with E-state index >= 15 is 0 Å². The van der Waals surface area contributed by atoms with Crippen molar-refractivity contribution in [2.24, 2.45) is 5.92 Å². The molecule has 0 unspecified atom stereocenters. The molecule has 4 heteroatoms. The van der Waals surface area contributed by atoms with E-state index in [9.17, 15) is 4.39 Å². The van der Waals surface area contributed by atoms with Crippen molar-refractivity contribution >= 4 is 11.3 Å². The topological polar surface area (TPSA) is 6.48 Å². The number of halogens is 1. The van der Waals surface area contributed by atoms with Crippen LogP contribution < -0.4 is 0 Å². The Balaban J connectivity index is 1.36. The number of hydrogen-bond donors (Lipinski definition) is 0. The van der Waals surface area contributed by atoms with E-state index in [1.165, 1.54) is 44.5 Å². The summed E-state index contributed by atoms with van der Waals surface area (Å²) in [4.78, 5) is 6.98. The third-order valence-electron chi connectivity index (χ3n) is 6.39. The van der Waals surface area contributed by atoms with Crippen LogP contribution in [0.4, 0.5) is 4.39 Å². The van der Waals surface area contributed by atoms with Crippen LogP contribution in [0.15, 0.2) is 41.8 Å². The van der Waals surface area contributed by atoms with Gasteiger partial charge in [0.05, 0.1) is 0 Å². The van der Waals surface area contributed by atoms with Crippen LogP contribution in [0.2, 0.25) is 0 Å². The fourth-order valence-corrected chi connectivity index (χ4v) is 6.32. The van der Waals surface area contributed by atoms with Gasteiger partial charge in [-0.25, -0.2) is 4.39 Å². The molecule has 3 aliphatic heterocycles. The molecular weight excluding hydrogens is 319 g/mol. The van der Waals surface area contributed by atoms with Gasteiger partial charge in [-0.2, -0.15) is 0 Å². The maximum absolute atomic E-state index is 13.1. The van der Waals surface area contributed by atoms with E-state index in [0.717, 1.165) is 12.5 Å². The van der Waals surface area contributed by atoms with Gasteiger partial charge in [0.25, 0.3) is 0 Å². The van der Waals surface area contributed by atoms with Crippen molar-refractivity contribution in [2.75, 3.05) is 19.6 Å². The molecule has 0 amide bonds. The van der Waals surface area contributed by atoms with Crippen molar-refractivity contribution in [1.82, 2.24) is 9.80 Å². The molecule has 24 heavy (non-hydrogen) atoms. The van der Waals surface area contributed by atoms with Gasteiger partial charge in [-0.05, 0) is 60.9 Å². The predicted molar refractivity (Wildman–Crippen MR) is 95.5 cm³/mol. The quantitative estimate of drug-likeness (QED) is 0.821. The van der Waals surface area contributed by atoms with Crippen molar-refractivity contribution in [3.05, 3.63) is 58.0 Å². The highest BCUT2D eigenvalue weighted by molar-refractivity contribution is 7.10. The fourth-order valence-electron chi connectivity index (χ4n) is 5.47. The molecule has 3 saturated heterocycles. The van der Waals surface area contributed by atoms with Gasteiger partial charge in [0, 0.05) is 36.1 Å². The summed E-state index contributed by atoms with van der Waals surface area (Å²) in [7, 11) is 0. The van der Waals surface area contributed by atoms with Gasteiger partial charge in [0.1, 0.15) is 5.82 Å². The Morgan fingerprint density at radius 2 is 2.08 bits per heavy atom. The summed E-state index contributed by atoms with van der Waals surface area (Å²) < 4.78 is 13.1. The Labute approximate surface area is 146 Å². The minimum atomic E-state index is -0.142. The van der Waals surface area contributed by atoms with Gasteiger partial charge in [-0.1, -0.05) is 18.2 Å². The Morgan fingerprint density at radius 3 is 2.88 bits per heavy atom. The molecule has 1 aromatic carbocycles. The fraction of sp³-hybridized carbons (Fsp3) is 0.500. The Morgan fingerprint density at radius 1 is 1.21 bits per heavy atom. The SMILES string of the molecule is Fc1ccc(CN2C[C@@H]3C[C@@H](c4cccs4)N4CCC[C@]34C2)cc1. The lowest BCUT2D eigenvalue weighted by Gasteiger charge is -2.35. The van der Waals surface area contributed by atoms with Gasteiger partial charge < -0.3 is 0 Å². The summed E-state index contributed by atoms with van der Waals surface area (Å²) in [6.07, 6.45) is 3.99. The second kappa shape index (κ2) is 5.65. The molecule has 1 spiro atoms. The first-order valence-corrected chi connectivity index (χ1v) is 9.89. The summed E-state index contributed by atoms with van der Waals surface area (Å²) in [5.74, 6) is 0.643. The smallest absolute Gasteiger partial charge is 0.123 e. The molecule has 3 aliphatic rings. The molecule has 0 N–H and O–H groups in total. The van der Waals surface area contributed by atoms with E-state index in [4.69, 9.17) is 0 Å². The first kappa shape index (κ1) is 15.1. The van der Waals surface area contributed by atoms with Crippen LogP contribution >= 0.6 is 11.3 Å².